The predicted octanol–water partition coefficient (Wildman–Crippen LogP) is 2.24. The van der Waals surface area contributed by atoms with Crippen molar-refractivity contribution >= 4 is 11.9 Å². The number of esters is 1. The Hall–Kier alpha value is -2.70. The van der Waals surface area contributed by atoms with Crippen LogP contribution in [0, 0.1) is 25.6 Å². The quantitative estimate of drug-likeness (QED) is 0.770. The molecule has 0 bridgehead atoms. The molecule has 138 valence electrons. The molecule has 1 N–H and O–H groups in total. The van der Waals surface area contributed by atoms with E-state index in [1.54, 1.807) is 16.8 Å². The van der Waals surface area contributed by atoms with Gasteiger partial charge in [0.05, 0.1) is 24.4 Å². The zero-order valence-corrected chi connectivity index (χ0v) is 14.9. The number of benzene rings is 1. The number of hydrogen-bond donors (Lipinski definition) is 1. The standard InChI is InChI=1S/C19H22FN3O3/c1-12-17(9-18(24)21-10-19(25)26-11-14-3-4-14)13(2)23(22-12)16-7-5-15(20)6-8-16/h5-8,14H,3-4,9-11H2,1-2H3,(H,21,24). The molecule has 6 nitrogen and oxygen atoms in total. The first-order valence-electron chi connectivity index (χ1n) is 8.67. The summed E-state index contributed by atoms with van der Waals surface area (Å²) in [6.45, 7) is 3.99. The lowest BCUT2D eigenvalue weighted by Crippen LogP contribution is -2.32. The van der Waals surface area contributed by atoms with E-state index in [1.165, 1.54) is 12.1 Å². The van der Waals surface area contributed by atoms with Gasteiger partial charge >= 0.3 is 5.97 Å². The first-order chi connectivity index (χ1) is 12.4. The second kappa shape index (κ2) is 7.68. The number of halogens is 1. The van der Waals surface area contributed by atoms with Crippen molar-refractivity contribution in [2.75, 3.05) is 13.2 Å². The third-order valence-electron chi connectivity index (χ3n) is 4.46. The zero-order chi connectivity index (χ0) is 18.7. The van der Waals surface area contributed by atoms with Crippen molar-refractivity contribution in [3.8, 4) is 5.69 Å². The lowest BCUT2D eigenvalue weighted by Gasteiger charge is -2.07. The first-order valence-corrected chi connectivity index (χ1v) is 8.67. The summed E-state index contributed by atoms with van der Waals surface area (Å²) in [7, 11) is 0. The summed E-state index contributed by atoms with van der Waals surface area (Å²) in [5.41, 5.74) is 3.04. The zero-order valence-electron chi connectivity index (χ0n) is 14.9. The van der Waals surface area contributed by atoms with Crippen LogP contribution >= 0.6 is 0 Å². The summed E-state index contributed by atoms with van der Waals surface area (Å²) in [5.74, 6) is -0.500. The lowest BCUT2D eigenvalue weighted by atomic mass is 10.1. The van der Waals surface area contributed by atoms with E-state index in [0.29, 0.717) is 12.5 Å². The largest absolute Gasteiger partial charge is 0.464 e. The molecule has 1 heterocycles. The molecule has 1 aromatic carbocycles. The summed E-state index contributed by atoms with van der Waals surface area (Å²) in [6.07, 6.45) is 2.33. The fourth-order valence-corrected chi connectivity index (χ4v) is 2.70. The number of carbonyl (C=O) groups is 2. The van der Waals surface area contributed by atoms with Crippen molar-refractivity contribution < 1.29 is 18.7 Å². The Balaban J connectivity index is 1.59. The molecular weight excluding hydrogens is 337 g/mol. The number of carbonyl (C=O) groups excluding carboxylic acids is 2. The van der Waals surface area contributed by atoms with Gasteiger partial charge < -0.3 is 10.1 Å². The molecule has 0 atom stereocenters. The second-order valence-electron chi connectivity index (χ2n) is 6.62. The molecule has 0 spiro atoms. The number of amides is 1. The molecule has 1 fully saturated rings. The molecule has 1 saturated carbocycles. The van der Waals surface area contributed by atoms with Crippen LogP contribution in [0.15, 0.2) is 24.3 Å². The van der Waals surface area contributed by atoms with Crippen LogP contribution in [0.3, 0.4) is 0 Å². The number of nitrogens with one attached hydrogen (secondary N) is 1. The topological polar surface area (TPSA) is 73.2 Å². The third kappa shape index (κ3) is 4.47. The number of rotatable bonds is 7. The van der Waals surface area contributed by atoms with Crippen LogP contribution in [-0.2, 0) is 20.7 Å². The van der Waals surface area contributed by atoms with Gasteiger partial charge in [-0.05, 0) is 56.9 Å². The van der Waals surface area contributed by atoms with E-state index in [1.807, 2.05) is 13.8 Å². The van der Waals surface area contributed by atoms with E-state index < -0.39 is 5.97 Å². The van der Waals surface area contributed by atoms with Crippen LogP contribution in [-0.4, -0.2) is 34.8 Å². The van der Waals surface area contributed by atoms with Crippen LogP contribution in [0.4, 0.5) is 4.39 Å². The van der Waals surface area contributed by atoms with Gasteiger partial charge in [0.2, 0.25) is 5.91 Å². The highest BCUT2D eigenvalue weighted by Gasteiger charge is 2.23. The van der Waals surface area contributed by atoms with E-state index in [-0.39, 0.29) is 24.7 Å². The van der Waals surface area contributed by atoms with Crippen LogP contribution in [0.1, 0.15) is 29.8 Å². The maximum Gasteiger partial charge on any atom is 0.325 e. The SMILES string of the molecule is Cc1nn(-c2ccc(F)cc2)c(C)c1CC(=O)NCC(=O)OCC1CC1. The van der Waals surface area contributed by atoms with Gasteiger partial charge in [0.1, 0.15) is 12.4 Å². The Morgan fingerprint density at radius 1 is 1.27 bits per heavy atom. The molecule has 1 aromatic heterocycles. The maximum absolute atomic E-state index is 13.1. The molecular formula is C19H22FN3O3. The van der Waals surface area contributed by atoms with Crippen molar-refractivity contribution in [1.29, 1.82) is 0 Å². The molecule has 3 rings (SSSR count). The van der Waals surface area contributed by atoms with E-state index in [0.717, 1.165) is 35.5 Å². The van der Waals surface area contributed by atoms with Crippen LogP contribution in [0.5, 0.6) is 0 Å². The molecule has 1 aliphatic carbocycles. The molecule has 7 heteroatoms. The Kier molecular flexibility index (Phi) is 5.35. The van der Waals surface area contributed by atoms with Gasteiger partial charge in [-0.25, -0.2) is 9.07 Å². The molecule has 0 saturated heterocycles. The molecule has 0 unspecified atom stereocenters. The lowest BCUT2D eigenvalue weighted by molar-refractivity contribution is -0.144. The van der Waals surface area contributed by atoms with Crippen LogP contribution in [0.25, 0.3) is 5.69 Å². The van der Waals surface area contributed by atoms with Crippen molar-refractivity contribution in [2.45, 2.75) is 33.1 Å². The summed E-state index contributed by atoms with van der Waals surface area (Å²) in [5, 5.41) is 7.02. The van der Waals surface area contributed by atoms with Crippen molar-refractivity contribution in [2.24, 2.45) is 5.92 Å². The molecule has 0 aliphatic heterocycles. The van der Waals surface area contributed by atoms with Crippen LogP contribution < -0.4 is 5.32 Å². The predicted molar refractivity (Wildman–Crippen MR) is 93.4 cm³/mol. The van der Waals surface area contributed by atoms with Gasteiger partial charge in [-0.1, -0.05) is 0 Å². The van der Waals surface area contributed by atoms with E-state index in [2.05, 4.69) is 10.4 Å². The number of aromatic nitrogens is 2. The summed E-state index contributed by atoms with van der Waals surface area (Å²) in [6, 6.07) is 6.00. The van der Waals surface area contributed by atoms with Gasteiger partial charge in [-0.3, -0.25) is 9.59 Å². The van der Waals surface area contributed by atoms with Gasteiger partial charge in [0, 0.05) is 11.3 Å². The molecule has 2 aromatic rings. The molecule has 26 heavy (non-hydrogen) atoms. The Morgan fingerprint density at radius 2 is 1.96 bits per heavy atom. The average molecular weight is 359 g/mol. The maximum atomic E-state index is 13.1. The second-order valence-corrected chi connectivity index (χ2v) is 6.62. The van der Waals surface area contributed by atoms with Crippen molar-refractivity contribution in [3.05, 3.63) is 47.0 Å². The van der Waals surface area contributed by atoms with E-state index in [9.17, 15) is 14.0 Å². The minimum Gasteiger partial charge on any atom is -0.464 e. The summed E-state index contributed by atoms with van der Waals surface area (Å²) < 4.78 is 19.9. The number of ether oxygens (including phenoxy) is 1. The van der Waals surface area contributed by atoms with E-state index >= 15 is 0 Å². The fourth-order valence-electron chi connectivity index (χ4n) is 2.70. The number of hydrogen-bond acceptors (Lipinski definition) is 4. The molecule has 1 aliphatic rings. The van der Waals surface area contributed by atoms with Crippen LogP contribution in [0.2, 0.25) is 0 Å². The highest BCUT2D eigenvalue weighted by atomic mass is 19.1. The van der Waals surface area contributed by atoms with E-state index in [4.69, 9.17) is 4.74 Å². The monoisotopic (exact) mass is 359 g/mol. The number of nitrogens with zero attached hydrogens (tertiary/aromatic N) is 2. The number of aryl methyl sites for hydroxylation is 1. The van der Waals surface area contributed by atoms with Gasteiger partial charge in [0.25, 0.3) is 0 Å². The highest BCUT2D eigenvalue weighted by molar-refractivity contribution is 5.83. The summed E-state index contributed by atoms with van der Waals surface area (Å²) in [4.78, 5) is 23.8. The Morgan fingerprint density at radius 3 is 2.62 bits per heavy atom. The van der Waals surface area contributed by atoms with Gasteiger partial charge in [0.15, 0.2) is 0 Å². The Bertz CT molecular complexity index is 810. The summed E-state index contributed by atoms with van der Waals surface area (Å²) >= 11 is 0. The van der Waals surface area contributed by atoms with Crippen molar-refractivity contribution in [3.63, 3.8) is 0 Å². The highest BCUT2D eigenvalue weighted by Crippen LogP contribution is 2.28. The molecule has 0 radical (unpaired) electrons. The van der Waals surface area contributed by atoms with Gasteiger partial charge in [-0.15, -0.1) is 0 Å². The minimum atomic E-state index is -0.416. The minimum absolute atomic E-state index is 0.120. The average Bonchev–Trinajstić information content (AvgIpc) is 3.41. The first kappa shape index (κ1) is 18.1. The normalized spacial score (nSPS) is 13.5. The Labute approximate surface area is 151 Å². The fraction of sp³-hybridized carbons (Fsp3) is 0.421. The van der Waals surface area contributed by atoms with Crippen molar-refractivity contribution in [1.82, 2.24) is 15.1 Å². The third-order valence-corrected chi connectivity index (χ3v) is 4.46. The van der Waals surface area contributed by atoms with Gasteiger partial charge in [-0.2, -0.15) is 5.10 Å². The molecule has 1 amide bonds. The smallest absolute Gasteiger partial charge is 0.325 e.